The quantitative estimate of drug-likeness (QED) is 0.731. The largest absolute Gasteiger partial charge is 0.350 e. The van der Waals surface area contributed by atoms with Crippen molar-refractivity contribution in [2.24, 2.45) is 7.05 Å². The number of likely N-dealkylation sites (N-methyl/N-ethyl adjacent to an activating group) is 1. The third-order valence-electron chi connectivity index (χ3n) is 5.09. The lowest BCUT2D eigenvalue weighted by Crippen LogP contribution is -2.39. The zero-order valence-electron chi connectivity index (χ0n) is 15.1. The van der Waals surface area contributed by atoms with Gasteiger partial charge in [0.05, 0.1) is 6.04 Å². The number of fused-ring (bicyclic) bond motifs is 2. The first-order valence-corrected chi connectivity index (χ1v) is 8.63. The molecule has 0 fully saturated rings. The molecule has 0 spiro atoms. The van der Waals surface area contributed by atoms with Crippen molar-refractivity contribution in [1.29, 1.82) is 0 Å². The fourth-order valence-electron chi connectivity index (χ4n) is 3.75. The molecule has 1 aliphatic rings. The molecule has 1 atom stereocenters. The monoisotopic (exact) mass is 347 g/mol. The maximum atomic E-state index is 13.0. The number of hydrogen-bond donors (Lipinski definition) is 0. The number of aromatic nitrogens is 1. The van der Waals surface area contributed by atoms with Gasteiger partial charge in [-0.2, -0.15) is 0 Å². The number of benzene rings is 2. The predicted octanol–water partition coefficient (Wildman–Crippen LogP) is 2.81. The average Bonchev–Trinajstić information content (AvgIpc) is 3.11. The molecule has 132 valence electrons. The van der Waals surface area contributed by atoms with Crippen molar-refractivity contribution in [3.05, 3.63) is 71.4 Å². The van der Waals surface area contributed by atoms with Crippen LogP contribution in [0.1, 0.15) is 27.5 Å². The Labute approximate surface area is 152 Å². The van der Waals surface area contributed by atoms with E-state index in [0.717, 1.165) is 22.0 Å². The smallest absolute Gasteiger partial charge is 0.255 e. The lowest BCUT2D eigenvalue weighted by molar-refractivity contribution is -0.129. The van der Waals surface area contributed by atoms with Crippen LogP contribution in [0.15, 0.2) is 54.7 Å². The van der Waals surface area contributed by atoms with E-state index in [1.165, 1.54) is 4.90 Å². The first-order valence-electron chi connectivity index (χ1n) is 8.63. The summed E-state index contributed by atoms with van der Waals surface area (Å²) >= 11 is 0. The molecule has 2 amide bonds. The highest BCUT2D eigenvalue weighted by Crippen LogP contribution is 2.41. The number of nitrogens with zero attached hydrogens (tertiary/aromatic N) is 3. The molecular formula is C21H21N3O2. The molecule has 5 nitrogen and oxygen atoms in total. The van der Waals surface area contributed by atoms with Crippen molar-refractivity contribution in [3.63, 3.8) is 0 Å². The van der Waals surface area contributed by atoms with Crippen LogP contribution in [0.5, 0.6) is 0 Å². The summed E-state index contributed by atoms with van der Waals surface area (Å²) in [6.45, 7) is 0.0639. The number of carbonyl (C=O) groups is 2. The van der Waals surface area contributed by atoms with Crippen LogP contribution in [0.25, 0.3) is 10.9 Å². The van der Waals surface area contributed by atoms with Gasteiger partial charge in [-0.25, -0.2) is 0 Å². The van der Waals surface area contributed by atoms with Gasteiger partial charge in [-0.15, -0.1) is 0 Å². The molecule has 2 aromatic carbocycles. The van der Waals surface area contributed by atoms with Gasteiger partial charge in [-0.05, 0) is 17.7 Å². The van der Waals surface area contributed by atoms with Gasteiger partial charge in [0, 0.05) is 49.4 Å². The Morgan fingerprint density at radius 3 is 2.50 bits per heavy atom. The summed E-state index contributed by atoms with van der Waals surface area (Å²) in [7, 11) is 5.43. The molecule has 1 aromatic heterocycles. The van der Waals surface area contributed by atoms with Crippen LogP contribution >= 0.6 is 0 Å². The van der Waals surface area contributed by atoms with E-state index in [0.29, 0.717) is 5.56 Å². The van der Waals surface area contributed by atoms with Gasteiger partial charge < -0.3 is 14.4 Å². The number of hydrogen-bond acceptors (Lipinski definition) is 2. The number of para-hydroxylation sites is 1. The molecule has 0 saturated heterocycles. The maximum Gasteiger partial charge on any atom is 0.255 e. The van der Waals surface area contributed by atoms with Gasteiger partial charge in [0.2, 0.25) is 5.91 Å². The Kier molecular flexibility index (Phi) is 3.80. The molecule has 3 aromatic rings. The normalized spacial score (nSPS) is 16.2. The standard InChI is InChI=1S/C21H21N3O2/c1-22(2)19(25)13-24-20(15-9-4-5-10-16(15)21(24)26)17-12-23(3)18-11-7-6-8-14(17)18/h4-12,20H,13H2,1-3H3/t20-/m0/s1. The second kappa shape index (κ2) is 6.02. The third-order valence-corrected chi connectivity index (χ3v) is 5.09. The highest BCUT2D eigenvalue weighted by Gasteiger charge is 2.39. The molecule has 0 aliphatic carbocycles. The van der Waals surface area contributed by atoms with Crippen molar-refractivity contribution in [3.8, 4) is 0 Å². The summed E-state index contributed by atoms with van der Waals surface area (Å²) in [5.74, 6) is -0.176. The van der Waals surface area contributed by atoms with Gasteiger partial charge in [-0.1, -0.05) is 36.4 Å². The predicted molar refractivity (Wildman–Crippen MR) is 101 cm³/mol. The Morgan fingerprint density at radius 1 is 1.04 bits per heavy atom. The summed E-state index contributed by atoms with van der Waals surface area (Å²) < 4.78 is 2.07. The van der Waals surface area contributed by atoms with Crippen molar-refractivity contribution in [1.82, 2.24) is 14.4 Å². The summed E-state index contributed by atoms with van der Waals surface area (Å²) in [5, 5.41) is 1.10. The SMILES string of the molecule is CN(C)C(=O)CN1C(=O)c2ccccc2[C@H]1c1cn(C)c2ccccc12. The van der Waals surface area contributed by atoms with Crippen LogP contribution in [0.4, 0.5) is 0 Å². The van der Waals surface area contributed by atoms with Gasteiger partial charge in [0.15, 0.2) is 0 Å². The van der Waals surface area contributed by atoms with E-state index in [1.54, 1.807) is 19.0 Å². The minimum Gasteiger partial charge on any atom is -0.350 e. The van der Waals surface area contributed by atoms with Gasteiger partial charge >= 0.3 is 0 Å². The minimum absolute atomic E-state index is 0.0639. The first kappa shape index (κ1) is 16.4. The van der Waals surface area contributed by atoms with Crippen molar-refractivity contribution in [2.45, 2.75) is 6.04 Å². The van der Waals surface area contributed by atoms with E-state index in [1.807, 2.05) is 43.4 Å². The molecule has 1 aliphatic heterocycles. The number of amides is 2. The maximum absolute atomic E-state index is 13.0. The topological polar surface area (TPSA) is 45.6 Å². The van der Waals surface area contributed by atoms with Gasteiger partial charge in [-0.3, -0.25) is 9.59 Å². The number of rotatable bonds is 3. The first-order chi connectivity index (χ1) is 12.5. The van der Waals surface area contributed by atoms with Crippen LogP contribution in [-0.4, -0.2) is 46.8 Å². The molecule has 0 unspecified atom stereocenters. The molecule has 0 bridgehead atoms. The fraction of sp³-hybridized carbons (Fsp3) is 0.238. The minimum atomic E-state index is -0.256. The summed E-state index contributed by atoms with van der Waals surface area (Å²) in [4.78, 5) is 28.6. The van der Waals surface area contributed by atoms with Crippen LogP contribution in [0.3, 0.4) is 0 Å². The summed E-state index contributed by atoms with van der Waals surface area (Å²) in [6.07, 6.45) is 2.07. The van der Waals surface area contributed by atoms with E-state index in [4.69, 9.17) is 0 Å². The van der Waals surface area contributed by atoms with E-state index in [2.05, 4.69) is 22.9 Å². The molecular weight excluding hydrogens is 326 g/mol. The average molecular weight is 347 g/mol. The Hall–Kier alpha value is -3.08. The van der Waals surface area contributed by atoms with Crippen LogP contribution in [0.2, 0.25) is 0 Å². The van der Waals surface area contributed by atoms with Crippen LogP contribution < -0.4 is 0 Å². The molecule has 4 rings (SSSR count). The van der Waals surface area contributed by atoms with Gasteiger partial charge in [0.1, 0.15) is 6.54 Å². The van der Waals surface area contributed by atoms with Crippen molar-refractivity contribution >= 4 is 22.7 Å². The van der Waals surface area contributed by atoms with E-state index >= 15 is 0 Å². The lowest BCUT2D eigenvalue weighted by atomic mass is 9.97. The van der Waals surface area contributed by atoms with Crippen LogP contribution in [-0.2, 0) is 11.8 Å². The van der Waals surface area contributed by atoms with E-state index in [9.17, 15) is 9.59 Å². The number of carbonyl (C=O) groups excluding carboxylic acids is 2. The van der Waals surface area contributed by atoms with Gasteiger partial charge in [0.25, 0.3) is 5.91 Å². The fourth-order valence-corrected chi connectivity index (χ4v) is 3.75. The van der Waals surface area contributed by atoms with Crippen molar-refractivity contribution < 1.29 is 9.59 Å². The Bertz CT molecular complexity index is 1020. The Balaban J connectivity index is 1.89. The number of aryl methyl sites for hydroxylation is 1. The second-order valence-electron chi connectivity index (χ2n) is 6.92. The van der Waals surface area contributed by atoms with Crippen molar-refractivity contribution in [2.75, 3.05) is 20.6 Å². The molecule has 0 saturated carbocycles. The zero-order valence-corrected chi connectivity index (χ0v) is 15.1. The third kappa shape index (κ3) is 2.39. The molecule has 2 heterocycles. The van der Waals surface area contributed by atoms with E-state index < -0.39 is 0 Å². The van der Waals surface area contributed by atoms with Crippen LogP contribution in [0, 0.1) is 0 Å². The zero-order chi connectivity index (χ0) is 18.4. The summed E-state index contributed by atoms with van der Waals surface area (Å²) in [6, 6.07) is 15.5. The molecule has 26 heavy (non-hydrogen) atoms. The Morgan fingerprint density at radius 2 is 1.73 bits per heavy atom. The van der Waals surface area contributed by atoms with E-state index in [-0.39, 0.29) is 24.4 Å². The highest BCUT2D eigenvalue weighted by molar-refractivity contribution is 6.02. The summed E-state index contributed by atoms with van der Waals surface area (Å²) in [5.41, 5.74) is 3.79. The molecule has 0 radical (unpaired) electrons. The molecule has 0 N–H and O–H groups in total. The highest BCUT2D eigenvalue weighted by atomic mass is 16.2. The second-order valence-corrected chi connectivity index (χ2v) is 6.92. The molecule has 5 heteroatoms. The lowest BCUT2D eigenvalue weighted by Gasteiger charge is -2.26.